The van der Waals surface area contributed by atoms with Crippen molar-refractivity contribution in [3.8, 4) is 0 Å². The fourth-order valence-electron chi connectivity index (χ4n) is 5.01. The van der Waals surface area contributed by atoms with Crippen molar-refractivity contribution >= 4 is 29.6 Å². The van der Waals surface area contributed by atoms with E-state index >= 15 is 0 Å². The predicted molar refractivity (Wildman–Crippen MR) is 177 cm³/mol. The maximum Gasteiger partial charge on any atom is 0.306 e. The van der Waals surface area contributed by atoms with Crippen molar-refractivity contribution in [2.24, 2.45) is 5.73 Å². The summed E-state index contributed by atoms with van der Waals surface area (Å²) in [5.41, 5.74) is 5.56. The monoisotopic (exact) mass is 628 g/mol. The minimum Gasteiger partial charge on any atom is -0.462 e. The molecule has 0 saturated heterocycles. The molecule has 2 atom stereocenters. The van der Waals surface area contributed by atoms with Gasteiger partial charge >= 0.3 is 11.9 Å². The minimum absolute atomic E-state index is 0.0157. The van der Waals surface area contributed by atoms with E-state index < -0.39 is 17.7 Å². The summed E-state index contributed by atoms with van der Waals surface area (Å²) in [5, 5.41) is 12.3. The van der Waals surface area contributed by atoms with Crippen molar-refractivity contribution in [3.05, 3.63) is 0 Å². The first kappa shape index (κ1) is 39.7. The van der Waals surface area contributed by atoms with E-state index in [2.05, 4.69) is 19.2 Å². The Bertz CT molecular complexity index is 734. The molecule has 0 spiro atoms. The molecule has 4 N–H and O–H groups in total. The van der Waals surface area contributed by atoms with Gasteiger partial charge in [-0.1, -0.05) is 117 Å². The number of hydrogen-bond donors (Lipinski definition) is 3. The summed E-state index contributed by atoms with van der Waals surface area (Å²) in [4.78, 5) is 37.3. The van der Waals surface area contributed by atoms with Gasteiger partial charge in [-0.05, 0) is 25.7 Å². The van der Waals surface area contributed by atoms with Crippen LogP contribution in [-0.4, -0.2) is 65.4 Å². The highest BCUT2D eigenvalue weighted by Crippen LogP contribution is 2.34. The first-order valence-corrected chi connectivity index (χ1v) is 18.6. The van der Waals surface area contributed by atoms with Gasteiger partial charge in [-0.15, -0.1) is 0 Å². The van der Waals surface area contributed by atoms with E-state index in [1.165, 1.54) is 88.8 Å². The zero-order chi connectivity index (χ0) is 31.6. The zero-order valence-electron chi connectivity index (χ0n) is 27.5. The Labute approximate surface area is 266 Å². The van der Waals surface area contributed by atoms with Gasteiger partial charge in [-0.25, -0.2) is 0 Å². The highest BCUT2D eigenvalue weighted by atomic mass is 32.2. The van der Waals surface area contributed by atoms with Gasteiger partial charge in [0.15, 0.2) is 0 Å². The highest BCUT2D eigenvalue weighted by molar-refractivity contribution is 7.99. The molecule has 0 heterocycles. The van der Waals surface area contributed by atoms with E-state index in [1.807, 2.05) is 0 Å². The number of rotatable bonds is 30. The molecule has 1 rings (SSSR count). The molecule has 0 radical (unpaired) electrons. The van der Waals surface area contributed by atoms with Crippen LogP contribution in [0.4, 0.5) is 0 Å². The Morgan fingerprint density at radius 1 is 0.744 bits per heavy atom. The van der Waals surface area contributed by atoms with Gasteiger partial charge in [0, 0.05) is 24.3 Å². The normalized spacial score (nSPS) is 15.1. The maximum atomic E-state index is 12.6. The number of nitrogens with one attached hydrogen (secondary N) is 1. The summed E-state index contributed by atoms with van der Waals surface area (Å²) in [7, 11) is 0. The van der Waals surface area contributed by atoms with Crippen LogP contribution in [-0.2, 0) is 23.9 Å². The lowest BCUT2D eigenvalue weighted by Gasteiger charge is -2.20. The Morgan fingerprint density at radius 3 is 1.67 bits per heavy atom. The highest BCUT2D eigenvalue weighted by Gasteiger charge is 2.44. The Morgan fingerprint density at radius 2 is 1.21 bits per heavy atom. The van der Waals surface area contributed by atoms with Crippen molar-refractivity contribution in [2.45, 2.75) is 173 Å². The number of carbonyl (C=O) groups excluding carboxylic acids is 3. The fourth-order valence-corrected chi connectivity index (χ4v) is 5.98. The third-order valence-electron chi connectivity index (χ3n) is 8.18. The third kappa shape index (κ3) is 21.9. The second-order valence-corrected chi connectivity index (χ2v) is 13.6. The van der Waals surface area contributed by atoms with E-state index in [1.54, 1.807) is 0 Å². The number of ether oxygens (including phenoxy) is 2. The molecule has 0 unspecified atom stereocenters. The SMILES string of the molecule is CCCCCCCCCCCC(=O)OC[C@H](CSC[C@H](N)C(=O)NC1(CO)CC1)OC(=O)CCCCCCCCCCC. The van der Waals surface area contributed by atoms with Crippen LogP contribution in [0.1, 0.15) is 155 Å². The molecule has 0 bridgehead atoms. The summed E-state index contributed by atoms with van der Waals surface area (Å²) >= 11 is 1.41. The van der Waals surface area contributed by atoms with Crippen LogP contribution in [0.2, 0.25) is 0 Å². The standard InChI is InChI=1S/C34H64N2O6S/c1-3-5-7-9-11-13-15-17-19-21-31(38)41-25-29(26-43-27-30(35)33(40)36-34(28-37)23-24-34)42-32(39)22-20-18-16-14-12-10-8-6-4-2/h29-30,37H,3-28,35H2,1-2H3,(H,36,40)/t29-,30+/m1/s1. The second-order valence-electron chi connectivity index (χ2n) is 12.5. The number of carbonyl (C=O) groups is 3. The van der Waals surface area contributed by atoms with Crippen LogP contribution in [0, 0.1) is 0 Å². The molecule has 0 aromatic carbocycles. The number of nitrogens with two attached hydrogens (primary N) is 1. The van der Waals surface area contributed by atoms with Crippen LogP contribution < -0.4 is 11.1 Å². The summed E-state index contributed by atoms with van der Waals surface area (Å²) in [6, 6.07) is -0.735. The molecule has 0 aliphatic heterocycles. The number of thioether (sulfide) groups is 1. The Hall–Kier alpha value is -1.32. The van der Waals surface area contributed by atoms with Gasteiger partial charge in [-0.2, -0.15) is 11.8 Å². The van der Waals surface area contributed by atoms with Crippen molar-refractivity contribution < 1.29 is 29.0 Å². The third-order valence-corrected chi connectivity index (χ3v) is 9.38. The minimum atomic E-state index is -0.735. The maximum absolute atomic E-state index is 12.6. The number of hydrogen-bond acceptors (Lipinski definition) is 8. The van der Waals surface area contributed by atoms with E-state index in [0.29, 0.717) is 24.3 Å². The number of aliphatic hydroxyl groups is 1. The summed E-state index contributed by atoms with van der Waals surface area (Å²) in [6.45, 7) is 4.38. The number of unbranched alkanes of at least 4 members (excludes halogenated alkanes) is 16. The van der Waals surface area contributed by atoms with Crippen LogP contribution in [0.5, 0.6) is 0 Å². The topological polar surface area (TPSA) is 128 Å². The van der Waals surface area contributed by atoms with E-state index in [-0.39, 0.29) is 31.1 Å². The van der Waals surface area contributed by atoms with E-state index in [9.17, 15) is 19.5 Å². The van der Waals surface area contributed by atoms with E-state index in [0.717, 1.165) is 51.4 Å². The molecule has 252 valence electrons. The van der Waals surface area contributed by atoms with Crippen LogP contribution in [0.25, 0.3) is 0 Å². The van der Waals surface area contributed by atoms with Crippen LogP contribution in [0.15, 0.2) is 0 Å². The number of amides is 1. The van der Waals surface area contributed by atoms with Crippen LogP contribution in [0.3, 0.4) is 0 Å². The predicted octanol–water partition coefficient (Wildman–Crippen LogP) is 6.98. The number of esters is 2. The molecule has 1 aliphatic carbocycles. The Balaban J connectivity index is 2.35. The summed E-state index contributed by atoms with van der Waals surface area (Å²) < 4.78 is 11.2. The first-order chi connectivity index (χ1) is 20.9. The summed E-state index contributed by atoms with van der Waals surface area (Å²) in [6.07, 6.45) is 22.9. The molecule has 8 nitrogen and oxygen atoms in total. The second kappa shape index (κ2) is 26.0. The van der Waals surface area contributed by atoms with Crippen molar-refractivity contribution in [3.63, 3.8) is 0 Å². The van der Waals surface area contributed by atoms with Crippen LogP contribution >= 0.6 is 11.8 Å². The molecule has 1 fully saturated rings. The summed E-state index contributed by atoms with van der Waals surface area (Å²) in [5.74, 6) is -0.0928. The van der Waals surface area contributed by atoms with Gasteiger partial charge in [0.25, 0.3) is 0 Å². The smallest absolute Gasteiger partial charge is 0.306 e. The molecule has 0 aromatic rings. The van der Waals surface area contributed by atoms with Crippen molar-refractivity contribution in [1.29, 1.82) is 0 Å². The largest absolute Gasteiger partial charge is 0.462 e. The lowest BCUT2D eigenvalue weighted by atomic mass is 10.1. The van der Waals surface area contributed by atoms with E-state index in [4.69, 9.17) is 15.2 Å². The Kier molecular flexibility index (Phi) is 24.0. The lowest BCUT2D eigenvalue weighted by molar-refractivity contribution is -0.157. The number of aliphatic hydroxyl groups excluding tert-OH is 1. The average molecular weight is 629 g/mol. The van der Waals surface area contributed by atoms with Gasteiger partial charge in [0.05, 0.1) is 18.2 Å². The average Bonchev–Trinajstić information content (AvgIpc) is 3.77. The molecule has 1 amide bonds. The molecule has 1 saturated carbocycles. The lowest BCUT2D eigenvalue weighted by Crippen LogP contribution is -2.49. The quantitative estimate of drug-likeness (QED) is 0.0574. The van der Waals surface area contributed by atoms with Gasteiger partial charge in [0.1, 0.15) is 12.7 Å². The fraction of sp³-hybridized carbons (Fsp3) is 0.912. The molecular weight excluding hydrogens is 564 g/mol. The van der Waals surface area contributed by atoms with Gasteiger partial charge in [-0.3, -0.25) is 14.4 Å². The van der Waals surface area contributed by atoms with Gasteiger partial charge in [0.2, 0.25) is 5.91 Å². The molecule has 9 heteroatoms. The van der Waals surface area contributed by atoms with Gasteiger partial charge < -0.3 is 25.6 Å². The van der Waals surface area contributed by atoms with Crippen molar-refractivity contribution in [1.82, 2.24) is 5.32 Å². The molecule has 0 aromatic heterocycles. The molecule has 43 heavy (non-hydrogen) atoms. The first-order valence-electron chi connectivity index (χ1n) is 17.5. The van der Waals surface area contributed by atoms with Crippen molar-refractivity contribution in [2.75, 3.05) is 24.7 Å². The zero-order valence-corrected chi connectivity index (χ0v) is 28.3. The molecular formula is C34H64N2O6S. The molecule has 1 aliphatic rings.